The minimum absolute atomic E-state index is 0.409. The van der Waals surface area contributed by atoms with Crippen LogP contribution in [0.1, 0.15) is 41.9 Å². The van der Waals surface area contributed by atoms with Gasteiger partial charge in [-0.05, 0) is 55.0 Å². The van der Waals surface area contributed by atoms with Crippen LogP contribution in [-0.4, -0.2) is 11.4 Å². The first-order valence-electron chi connectivity index (χ1n) is 6.84. The second-order valence-electron chi connectivity index (χ2n) is 5.31. The molecule has 2 atom stereocenters. The number of nitrogens with two attached hydrogens (primary N) is 1. The van der Waals surface area contributed by atoms with Gasteiger partial charge in [-0.1, -0.05) is 12.1 Å². The van der Waals surface area contributed by atoms with Gasteiger partial charge in [0.05, 0.1) is 0 Å². The molecule has 2 heterocycles. The summed E-state index contributed by atoms with van der Waals surface area (Å²) in [7, 11) is 0. The number of benzene rings is 1. The smallest absolute Gasteiger partial charge is 0.0337 e. The quantitative estimate of drug-likeness (QED) is 0.837. The van der Waals surface area contributed by atoms with Gasteiger partial charge < -0.3 is 5.73 Å². The molecular weight excluding hydrogens is 252 g/mol. The maximum atomic E-state index is 5.90. The average molecular weight is 272 g/mol. The molecule has 2 N–H and O–H groups in total. The molecular formula is C16H20N2S. The van der Waals surface area contributed by atoms with Crippen LogP contribution >= 0.6 is 11.3 Å². The van der Waals surface area contributed by atoms with Gasteiger partial charge in [0.25, 0.3) is 0 Å². The van der Waals surface area contributed by atoms with Crippen LogP contribution in [0.25, 0.3) is 0 Å². The van der Waals surface area contributed by atoms with Crippen LogP contribution in [0, 0.1) is 0 Å². The standard InChI is InChI=1S/C16H20N2S/c1-11(13-4-3-5-14(17)10-13)18-8-6-16-15(12(18)2)7-9-19-16/h3-5,7,9-12H,6,8,17H2,1-2H3. The molecule has 0 saturated heterocycles. The SMILES string of the molecule is CC(c1cccc(N)c1)N1CCc2sccc2C1C. The zero-order valence-corrected chi connectivity index (χ0v) is 12.3. The molecule has 0 fully saturated rings. The number of nitrogens with zero attached hydrogens (tertiary/aromatic N) is 1. The Labute approximate surface area is 118 Å². The topological polar surface area (TPSA) is 29.3 Å². The van der Waals surface area contributed by atoms with Crippen molar-refractivity contribution in [1.82, 2.24) is 4.90 Å². The lowest BCUT2D eigenvalue weighted by Crippen LogP contribution is -2.35. The lowest BCUT2D eigenvalue weighted by Gasteiger charge is -2.38. The number of hydrogen-bond donors (Lipinski definition) is 1. The van der Waals surface area contributed by atoms with Gasteiger partial charge in [0.15, 0.2) is 0 Å². The number of thiophene rings is 1. The first-order chi connectivity index (χ1) is 9.16. The molecule has 0 bridgehead atoms. The number of nitrogen functional groups attached to an aromatic ring is 1. The van der Waals surface area contributed by atoms with Gasteiger partial charge in [0.1, 0.15) is 0 Å². The third-order valence-electron chi connectivity index (χ3n) is 4.22. The maximum absolute atomic E-state index is 5.90. The molecule has 0 radical (unpaired) electrons. The van der Waals surface area contributed by atoms with E-state index < -0.39 is 0 Å². The van der Waals surface area contributed by atoms with Gasteiger partial charge in [-0.2, -0.15) is 0 Å². The van der Waals surface area contributed by atoms with Gasteiger partial charge in [0.2, 0.25) is 0 Å². The molecule has 100 valence electrons. The zero-order valence-electron chi connectivity index (χ0n) is 11.5. The molecule has 0 spiro atoms. The van der Waals surface area contributed by atoms with Gasteiger partial charge >= 0.3 is 0 Å². The first kappa shape index (κ1) is 12.7. The van der Waals surface area contributed by atoms with E-state index >= 15 is 0 Å². The number of hydrogen-bond acceptors (Lipinski definition) is 3. The number of fused-ring (bicyclic) bond motifs is 1. The molecule has 0 aliphatic carbocycles. The molecule has 2 nitrogen and oxygen atoms in total. The molecule has 3 rings (SSSR count). The second-order valence-corrected chi connectivity index (χ2v) is 6.31. The van der Waals surface area contributed by atoms with Crippen LogP contribution < -0.4 is 5.73 Å². The summed E-state index contributed by atoms with van der Waals surface area (Å²) in [6, 6.07) is 11.5. The lowest BCUT2D eigenvalue weighted by atomic mass is 9.97. The minimum atomic E-state index is 0.409. The molecule has 2 aromatic rings. The average Bonchev–Trinajstić information content (AvgIpc) is 2.88. The molecule has 1 aliphatic heterocycles. The van der Waals surface area contributed by atoms with Crippen molar-refractivity contribution in [2.45, 2.75) is 32.4 Å². The van der Waals surface area contributed by atoms with Gasteiger partial charge in [0, 0.05) is 29.2 Å². The van der Waals surface area contributed by atoms with Crippen LogP contribution in [0.2, 0.25) is 0 Å². The van der Waals surface area contributed by atoms with E-state index in [1.54, 1.807) is 4.88 Å². The maximum Gasteiger partial charge on any atom is 0.0337 e. The molecule has 1 aliphatic rings. The van der Waals surface area contributed by atoms with Gasteiger partial charge in [-0.15, -0.1) is 11.3 Å². The number of rotatable bonds is 2. The summed E-state index contributed by atoms with van der Waals surface area (Å²) < 4.78 is 0. The van der Waals surface area contributed by atoms with E-state index in [4.69, 9.17) is 5.73 Å². The first-order valence-corrected chi connectivity index (χ1v) is 7.72. The summed E-state index contributed by atoms with van der Waals surface area (Å²) in [6.45, 7) is 5.72. The Balaban J connectivity index is 1.87. The number of anilines is 1. The van der Waals surface area contributed by atoms with Crippen molar-refractivity contribution < 1.29 is 0 Å². The van der Waals surface area contributed by atoms with E-state index in [0.29, 0.717) is 12.1 Å². The van der Waals surface area contributed by atoms with E-state index in [1.807, 2.05) is 23.5 Å². The summed E-state index contributed by atoms with van der Waals surface area (Å²) in [5, 5.41) is 2.22. The highest BCUT2D eigenvalue weighted by atomic mass is 32.1. The predicted molar refractivity (Wildman–Crippen MR) is 82.4 cm³/mol. The zero-order chi connectivity index (χ0) is 13.4. The highest BCUT2D eigenvalue weighted by Crippen LogP contribution is 2.37. The Hall–Kier alpha value is -1.32. The van der Waals surface area contributed by atoms with E-state index in [-0.39, 0.29) is 0 Å². The van der Waals surface area contributed by atoms with Crippen LogP contribution in [0.3, 0.4) is 0 Å². The van der Waals surface area contributed by atoms with E-state index in [9.17, 15) is 0 Å². The lowest BCUT2D eigenvalue weighted by molar-refractivity contribution is 0.145. The third kappa shape index (κ3) is 2.28. The van der Waals surface area contributed by atoms with Crippen molar-refractivity contribution in [2.75, 3.05) is 12.3 Å². The molecule has 0 saturated carbocycles. The van der Waals surface area contributed by atoms with Crippen LogP contribution in [0.4, 0.5) is 5.69 Å². The summed E-state index contributed by atoms with van der Waals surface area (Å²) in [4.78, 5) is 4.13. The Kier molecular flexibility index (Phi) is 3.33. The molecule has 2 unspecified atom stereocenters. The fourth-order valence-electron chi connectivity index (χ4n) is 3.07. The Morgan fingerprint density at radius 2 is 2.21 bits per heavy atom. The molecule has 1 aromatic heterocycles. The third-order valence-corrected chi connectivity index (χ3v) is 5.21. The Morgan fingerprint density at radius 3 is 3.00 bits per heavy atom. The summed E-state index contributed by atoms with van der Waals surface area (Å²) in [5.41, 5.74) is 9.57. The van der Waals surface area contributed by atoms with Crippen molar-refractivity contribution in [3.63, 3.8) is 0 Å². The Morgan fingerprint density at radius 1 is 1.37 bits per heavy atom. The fourth-order valence-corrected chi connectivity index (χ4v) is 4.03. The minimum Gasteiger partial charge on any atom is -0.399 e. The van der Waals surface area contributed by atoms with Gasteiger partial charge in [-0.3, -0.25) is 4.90 Å². The molecule has 1 aromatic carbocycles. The van der Waals surface area contributed by atoms with E-state index in [1.165, 1.54) is 17.5 Å². The largest absolute Gasteiger partial charge is 0.399 e. The second kappa shape index (κ2) is 4.99. The van der Waals surface area contributed by atoms with Crippen LogP contribution in [0.5, 0.6) is 0 Å². The van der Waals surface area contributed by atoms with E-state index in [0.717, 1.165) is 12.2 Å². The van der Waals surface area contributed by atoms with E-state index in [2.05, 4.69) is 42.3 Å². The molecule has 19 heavy (non-hydrogen) atoms. The Bertz CT molecular complexity index is 576. The van der Waals surface area contributed by atoms with Crippen LogP contribution in [0.15, 0.2) is 35.7 Å². The summed E-state index contributed by atoms with van der Waals surface area (Å²) >= 11 is 1.89. The van der Waals surface area contributed by atoms with Crippen molar-refractivity contribution in [3.05, 3.63) is 51.7 Å². The fraction of sp³-hybridized carbons (Fsp3) is 0.375. The summed E-state index contributed by atoms with van der Waals surface area (Å²) in [5.74, 6) is 0. The van der Waals surface area contributed by atoms with Crippen LogP contribution in [-0.2, 0) is 6.42 Å². The predicted octanol–water partition coefficient (Wildman–Crippen LogP) is 4.01. The molecule has 3 heteroatoms. The van der Waals surface area contributed by atoms with Crippen molar-refractivity contribution in [1.29, 1.82) is 0 Å². The van der Waals surface area contributed by atoms with Crippen molar-refractivity contribution in [3.8, 4) is 0 Å². The molecule has 0 amide bonds. The van der Waals surface area contributed by atoms with Crippen molar-refractivity contribution in [2.24, 2.45) is 0 Å². The normalized spacial score (nSPS) is 21.1. The summed E-state index contributed by atoms with van der Waals surface area (Å²) in [6.07, 6.45) is 1.17. The van der Waals surface area contributed by atoms with Gasteiger partial charge in [-0.25, -0.2) is 0 Å². The monoisotopic (exact) mass is 272 g/mol. The van der Waals surface area contributed by atoms with Crippen molar-refractivity contribution >= 4 is 17.0 Å². The highest BCUT2D eigenvalue weighted by Gasteiger charge is 2.28. The highest BCUT2D eigenvalue weighted by molar-refractivity contribution is 7.10.